The number of nitrogens with zero attached hydrogens (tertiary/aromatic N) is 2. The third kappa shape index (κ3) is 5.56. The highest BCUT2D eigenvalue weighted by molar-refractivity contribution is 5.59. The van der Waals surface area contributed by atoms with E-state index >= 15 is 0 Å². The molecule has 0 saturated carbocycles. The zero-order chi connectivity index (χ0) is 21.8. The van der Waals surface area contributed by atoms with Crippen molar-refractivity contribution >= 4 is 0 Å². The number of hydrogen-bond acceptors (Lipinski definition) is 5. The first-order valence-corrected chi connectivity index (χ1v) is 9.77. The van der Waals surface area contributed by atoms with Gasteiger partial charge in [0.2, 0.25) is 0 Å². The Morgan fingerprint density at radius 1 is 1.10 bits per heavy atom. The van der Waals surface area contributed by atoms with Crippen molar-refractivity contribution in [2.24, 2.45) is 0 Å². The maximum absolute atomic E-state index is 12.2. The Labute approximate surface area is 177 Å². The number of alkyl halides is 3. The molecule has 0 unspecified atom stereocenters. The van der Waals surface area contributed by atoms with Gasteiger partial charge in [-0.15, -0.1) is 13.2 Å². The number of aromatic nitrogens is 2. The van der Waals surface area contributed by atoms with Gasteiger partial charge in [0, 0.05) is 24.8 Å². The smallest absolute Gasteiger partial charge is 0.497 e. The number of benzene rings is 2. The minimum absolute atomic E-state index is 0.0294. The van der Waals surface area contributed by atoms with Crippen molar-refractivity contribution in [1.29, 1.82) is 0 Å². The van der Waals surface area contributed by atoms with E-state index in [1.165, 1.54) is 12.1 Å². The van der Waals surface area contributed by atoms with Crippen LogP contribution in [0.15, 0.2) is 54.7 Å². The minimum Gasteiger partial charge on any atom is -0.497 e. The van der Waals surface area contributed by atoms with Crippen molar-refractivity contribution in [1.82, 2.24) is 14.9 Å². The molecule has 0 aliphatic carbocycles. The van der Waals surface area contributed by atoms with Crippen molar-refractivity contribution < 1.29 is 27.4 Å². The first-order chi connectivity index (χ1) is 14.9. The molecular formula is C22H22F3N3O3. The summed E-state index contributed by atoms with van der Waals surface area (Å²) in [7, 11) is 1.63. The van der Waals surface area contributed by atoms with Crippen LogP contribution in [0.25, 0.3) is 11.3 Å². The van der Waals surface area contributed by atoms with Gasteiger partial charge in [-0.3, -0.25) is 0 Å². The fraction of sp³-hybridized carbons (Fsp3) is 0.318. The van der Waals surface area contributed by atoms with Crippen molar-refractivity contribution in [2.75, 3.05) is 13.7 Å². The van der Waals surface area contributed by atoms with Gasteiger partial charge in [-0.25, -0.2) is 4.98 Å². The minimum atomic E-state index is -4.68. The Hall–Kier alpha value is -3.04. The number of imidazole rings is 1. The fourth-order valence-corrected chi connectivity index (χ4v) is 3.40. The van der Waals surface area contributed by atoms with Crippen LogP contribution in [-0.4, -0.2) is 35.7 Å². The lowest BCUT2D eigenvalue weighted by Gasteiger charge is -2.24. The van der Waals surface area contributed by atoms with Crippen molar-refractivity contribution in [3.05, 3.63) is 66.1 Å². The molecule has 4 rings (SSSR count). The molecular weight excluding hydrogens is 411 g/mol. The lowest BCUT2D eigenvalue weighted by atomic mass is 10.1. The van der Waals surface area contributed by atoms with E-state index in [-0.39, 0.29) is 11.9 Å². The van der Waals surface area contributed by atoms with Gasteiger partial charge in [-0.05, 0) is 42.0 Å². The molecule has 0 radical (unpaired) electrons. The Bertz CT molecular complexity index is 1000. The first kappa shape index (κ1) is 21.2. The standard InChI is InChI=1S/C22H22F3N3O3/c1-29-17-8-4-16(5-9-17)20-13-28-12-19(30-14-21(28)27-20)11-26-10-15-2-6-18(7-3-15)31-22(23,24)25/h2-9,13,19,26H,10-12,14H2,1H3/t19-/m0/s1. The largest absolute Gasteiger partial charge is 0.573 e. The molecule has 1 aromatic heterocycles. The molecule has 0 fully saturated rings. The van der Waals surface area contributed by atoms with Crippen LogP contribution in [0, 0.1) is 0 Å². The van der Waals surface area contributed by atoms with E-state index in [2.05, 4.69) is 19.6 Å². The molecule has 2 heterocycles. The van der Waals surface area contributed by atoms with Gasteiger partial charge >= 0.3 is 6.36 Å². The van der Waals surface area contributed by atoms with Gasteiger partial charge in [0.15, 0.2) is 0 Å². The fourth-order valence-electron chi connectivity index (χ4n) is 3.40. The normalized spacial score (nSPS) is 16.1. The number of rotatable bonds is 7. The van der Waals surface area contributed by atoms with E-state index in [1.807, 2.05) is 30.5 Å². The summed E-state index contributed by atoms with van der Waals surface area (Å²) in [5.74, 6) is 1.44. The number of hydrogen-bond donors (Lipinski definition) is 1. The third-order valence-electron chi connectivity index (χ3n) is 4.95. The summed E-state index contributed by atoms with van der Waals surface area (Å²) in [6.45, 7) is 2.21. The highest BCUT2D eigenvalue weighted by Crippen LogP contribution is 2.25. The van der Waals surface area contributed by atoms with E-state index in [9.17, 15) is 13.2 Å². The lowest BCUT2D eigenvalue weighted by Crippen LogP contribution is -2.35. The second-order valence-corrected chi connectivity index (χ2v) is 7.18. The Kier molecular flexibility index (Phi) is 6.15. The van der Waals surface area contributed by atoms with Gasteiger partial charge in [0.25, 0.3) is 0 Å². The van der Waals surface area contributed by atoms with Gasteiger partial charge in [-0.2, -0.15) is 0 Å². The number of halogens is 3. The topological polar surface area (TPSA) is 57.5 Å². The summed E-state index contributed by atoms with van der Waals surface area (Å²) in [6.07, 6.45) is -2.69. The van der Waals surface area contributed by atoms with Crippen LogP contribution in [-0.2, 0) is 24.4 Å². The molecule has 0 amide bonds. The van der Waals surface area contributed by atoms with E-state index < -0.39 is 6.36 Å². The van der Waals surface area contributed by atoms with Crippen molar-refractivity contribution in [3.8, 4) is 22.8 Å². The number of fused-ring (bicyclic) bond motifs is 1. The Morgan fingerprint density at radius 3 is 2.48 bits per heavy atom. The molecule has 1 N–H and O–H groups in total. The van der Waals surface area contributed by atoms with E-state index in [1.54, 1.807) is 19.2 Å². The molecule has 0 bridgehead atoms. The van der Waals surface area contributed by atoms with Crippen LogP contribution in [0.1, 0.15) is 11.4 Å². The summed E-state index contributed by atoms with van der Waals surface area (Å²) < 4.78 is 53.7. The van der Waals surface area contributed by atoms with Crippen LogP contribution in [0.5, 0.6) is 11.5 Å². The summed E-state index contributed by atoms with van der Waals surface area (Å²) >= 11 is 0. The molecule has 6 nitrogen and oxygen atoms in total. The van der Waals surface area contributed by atoms with Gasteiger partial charge in [-0.1, -0.05) is 12.1 Å². The molecule has 9 heteroatoms. The molecule has 0 spiro atoms. The average Bonchev–Trinajstić information content (AvgIpc) is 3.17. The molecule has 31 heavy (non-hydrogen) atoms. The Balaban J connectivity index is 1.29. The predicted octanol–water partition coefficient (Wildman–Crippen LogP) is 4.15. The van der Waals surface area contributed by atoms with Gasteiger partial charge in [0.1, 0.15) is 23.9 Å². The third-order valence-corrected chi connectivity index (χ3v) is 4.95. The van der Waals surface area contributed by atoms with E-state index in [0.717, 1.165) is 28.4 Å². The number of nitrogens with one attached hydrogen (secondary N) is 1. The Morgan fingerprint density at radius 2 is 1.81 bits per heavy atom. The van der Waals surface area contributed by atoms with Crippen molar-refractivity contribution in [3.63, 3.8) is 0 Å². The van der Waals surface area contributed by atoms with Crippen LogP contribution >= 0.6 is 0 Å². The van der Waals surface area contributed by atoms with E-state index in [4.69, 9.17) is 9.47 Å². The molecule has 1 aliphatic heterocycles. The van der Waals surface area contributed by atoms with Gasteiger partial charge in [0.05, 0.1) is 25.5 Å². The lowest BCUT2D eigenvalue weighted by molar-refractivity contribution is -0.274. The highest BCUT2D eigenvalue weighted by atomic mass is 19.4. The van der Waals surface area contributed by atoms with Crippen LogP contribution < -0.4 is 14.8 Å². The molecule has 164 valence electrons. The zero-order valence-electron chi connectivity index (χ0n) is 16.9. The monoisotopic (exact) mass is 433 g/mol. The predicted molar refractivity (Wildman–Crippen MR) is 108 cm³/mol. The second-order valence-electron chi connectivity index (χ2n) is 7.18. The van der Waals surface area contributed by atoms with E-state index in [0.29, 0.717) is 26.2 Å². The SMILES string of the molecule is COc1ccc(-c2cn3c(n2)CO[C@@H](CNCc2ccc(OC(F)(F)F)cc2)C3)cc1. The molecule has 2 aromatic carbocycles. The average molecular weight is 433 g/mol. The summed E-state index contributed by atoms with van der Waals surface area (Å²) in [6, 6.07) is 13.6. The van der Waals surface area contributed by atoms with Crippen molar-refractivity contribution in [2.45, 2.75) is 32.2 Å². The molecule has 1 atom stereocenters. The van der Waals surface area contributed by atoms with Crippen LogP contribution in [0.4, 0.5) is 13.2 Å². The maximum atomic E-state index is 12.2. The quantitative estimate of drug-likeness (QED) is 0.607. The second kappa shape index (κ2) is 8.99. The zero-order valence-corrected chi connectivity index (χ0v) is 16.9. The molecule has 0 saturated heterocycles. The molecule has 1 aliphatic rings. The summed E-state index contributed by atoms with van der Waals surface area (Å²) in [4.78, 5) is 4.66. The first-order valence-electron chi connectivity index (χ1n) is 9.77. The highest BCUT2D eigenvalue weighted by Gasteiger charge is 2.31. The van der Waals surface area contributed by atoms with Gasteiger partial charge < -0.3 is 24.1 Å². The van der Waals surface area contributed by atoms with Crippen LogP contribution in [0.2, 0.25) is 0 Å². The summed E-state index contributed by atoms with van der Waals surface area (Å²) in [5.41, 5.74) is 2.75. The number of ether oxygens (including phenoxy) is 3. The van der Waals surface area contributed by atoms with Crippen LogP contribution in [0.3, 0.4) is 0 Å². The molecule has 3 aromatic rings. The summed E-state index contributed by atoms with van der Waals surface area (Å²) in [5, 5.41) is 3.29. The number of methoxy groups -OCH3 is 1. The maximum Gasteiger partial charge on any atom is 0.573 e.